The lowest BCUT2D eigenvalue weighted by molar-refractivity contribution is 0.358. The van der Waals surface area contributed by atoms with Crippen molar-refractivity contribution in [2.45, 2.75) is 38.8 Å². The van der Waals surface area contributed by atoms with Crippen LogP contribution in [0.5, 0.6) is 23.0 Å². The van der Waals surface area contributed by atoms with E-state index in [0.29, 0.717) is 0 Å². The molecule has 0 aliphatic carbocycles. The Balaban J connectivity index is 1.19. The molecule has 38 heavy (non-hydrogen) atoms. The molecule has 0 fully saturated rings. The third-order valence-corrected chi connectivity index (χ3v) is 7.03. The Morgan fingerprint density at radius 1 is 0.500 bits per heavy atom. The third-order valence-electron chi connectivity index (χ3n) is 7.03. The van der Waals surface area contributed by atoms with Gasteiger partial charge in [0.05, 0.1) is 28.4 Å². The molecular weight excluding hydrogens is 476 g/mol. The first kappa shape index (κ1) is 27.6. The highest BCUT2D eigenvalue weighted by molar-refractivity contribution is 5.94. The maximum Gasteiger partial charge on any atom is 0.168 e. The summed E-state index contributed by atoms with van der Waals surface area (Å²) in [5.74, 6) is 3.13. The van der Waals surface area contributed by atoms with Crippen LogP contribution in [0.15, 0.2) is 60.7 Å². The maximum atomic E-state index is 5.60. The van der Waals surface area contributed by atoms with Gasteiger partial charge in [0.25, 0.3) is 0 Å². The van der Waals surface area contributed by atoms with E-state index in [4.69, 9.17) is 18.9 Å². The van der Waals surface area contributed by atoms with Gasteiger partial charge in [0.1, 0.15) is 0 Å². The van der Waals surface area contributed by atoms with Gasteiger partial charge in [0.15, 0.2) is 23.0 Å². The molecule has 0 atom stereocenters. The van der Waals surface area contributed by atoms with Gasteiger partial charge in [-0.1, -0.05) is 61.4 Å². The summed E-state index contributed by atoms with van der Waals surface area (Å²) in [5.41, 5.74) is 2.45. The zero-order chi connectivity index (χ0) is 26.7. The molecule has 0 unspecified atom stereocenters. The first-order valence-corrected chi connectivity index (χ1v) is 13.4. The Hall–Kier alpha value is -3.48. The van der Waals surface area contributed by atoms with E-state index in [-0.39, 0.29) is 0 Å². The molecule has 0 spiro atoms. The highest BCUT2D eigenvalue weighted by Gasteiger charge is 2.14. The van der Waals surface area contributed by atoms with Crippen molar-refractivity contribution in [3.63, 3.8) is 0 Å². The third kappa shape index (κ3) is 6.32. The minimum atomic E-state index is 0.775. The van der Waals surface area contributed by atoms with Crippen LogP contribution in [-0.4, -0.2) is 41.5 Å². The number of hydrogen-bond acceptors (Lipinski definition) is 6. The van der Waals surface area contributed by atoms with Crippen molar-refractivity contribution in [1.29, 1.82) is 0 Å². The highest BCUT2D eigenvalue weighted by Crippen LogP contribution is 2.38. The smallest absolute Gasteiger partial charge is 0.168 e. The van der Waals surface area contributed by atoms with Crippen LogP contribution in [0.25, 0.3) is 21.5 Å². The molecule has 0 aromatic heterocycles. The van der Waals surface area contributed by atoms with Crippen LogP contribution < -0.4 is 29.6 Å². The molecule has 6 nitrogen and oxygen atoms in total. The van der Waals surface area contributed by atoms with Gasteiger partial charge < -0.3 is 29.6 Å². The van der Waals surface area contributed by atoms with Gasteiger partial charge in [0.2, 0.25) is 0 Å². The molecule has 0 aliphatic rings. The minimum absolute atomic E-state index is 0.775. The van der Waals surface area contributed by atoms with Crippen molar-refractivity contribution in [2.75, 3.05) is 41.5 Å². The monoisotopic (exact) mass is 516 g/mol. The predicted octanol–water partition coefficient (Wildman–Crippen LogP) is 6.47. The second kappa shape index (κ2) is 13.9. The molecule has 202 valence electrons. The SMILES string of the molecule is COc1cc(CNCCCCCCNCc2cc(OC)c(OC)c3ccccc23)c2ccccc2c1OC. The number of hydrogen-bond donors (Lipinski definition) is 2. The van der Waals surface area contributed by atoms with Crippen molar-refractivity contribution in [3.8, 4) is 23.0 Å². The van der Waals surface area contributed by atoms with Crippen LogP contribution in [0.3, 0.4) is 0 Å². The number of ether oxygens (including phenoxy) is 4. The first-order valence-electron chi connectivity index (χ1n) is 13.4. The molecule has 4 aromatic carbocycles. The van der Waals surface area contributed by atoms with Crippen molar-refractivity contribution < 1.29 is 18.9 Å². The van der Waals surface area contributed by atoms with Crippen LogP contribution in [0.2, 0.25) is 0 Å². The quantitative estimate of drug-likeness (QED) is 0.177. The highest BCUT2D eigenvalue weighted by atomic mass is 16.5. The molecule has 0 saturated carbocycles. The van der Waals surface area contributed by atoms with E-state index in [0.717, 1.165) is 72.8 Å². The summed E-state index contributed by atoms with van der Waals surface area (Å²) in [6.07, 6.45) is 4.73. The molecule has 0 saturated heterocycles. The summed E-state index contributed by atoms with van der Waals surface area (Å²) in [5, 5.41) is 11.8. The van der Waals surface area contributed by atoms with E-state index < -0.39 is 0 Å². The fraction of sp³-hybridized carbons (Fsp3) is 0.375. The van der Waals surface area contributed by atoms with E-state index in [2.05, 4.69) is 59.2 Å². The lowest BCUT2D eigenvalue weighted by Crippen LogP contribution is -2.16. The van der Waals surface area contributed by atoms with E-state index in [1.165, 1.54) is 34.7 Å². The first-order chi connectivity index (χ1) is 18.7. The normalized spacial score (nSPS) is 11.2. The van der Waals surface area contributed by atoms with Gasteiger partial charge >= 0.3 is 0 Å². The van der Waals surface area contributed by atoms with Gasteiger partial charge in [-0.3, -0.25) is 0 Å². The van der Waals surface area contributed by atoms with E-state index >= 15 is 0 Å². The average Bonchev–Trinajstić information content (AvgIpc) is 2.97. The molecule has 6 heteroatoms. The molecule has 0 bridgehead atoms. The molecular formula is C32H40N2O4. The molecule has 0 aliphatic heterocycles. The minimum Gasteiger partial charge on any atom is -0.493 e. The fourth-order valence-corrected chi connectivity index (χ4v) is 5.11. The number of methoxy groups -OCH3 is 4. The summed E-state index contributed by atoms with van der Waals surface area (Å²) in [7, 11) is 6.76. The second-order valence-electron chi connectivity index (χ2n) is 9.40. The molecule has 0 radical (unpaired) electrons. The van der Waals surface area contributed by atoms with Gasteiger partial charge in [0, 0.05) is 23.9 Å². The number of nitrogens with one attached hydrogen (secondary N) is 2. The van der Waals surface area contributed by atoms with Crippen LogP contribution >= 0.6 is 0 Å². The summed E-state index contributed by atoms with van der Waals surface area (Å²) in [4.78, 5) is 0. The summed E-state index contributed by atoms with van der Waals surface area (Å²) in [6, 6.07) is 20.8. The Labute approximate surface area is 226 Å². The molecule has 4 rings (SSSR count). The Morgan fingerprint density at radius 3 is 1.26 bits per heavy atom. The number of rotatable bonds is 15. The average molecular weight is 517 g/mol. The largest absolute Gasteiger partial charge is 0.493 e. The zero-order valence-corrected chi connectivity index (χ0v) is 23.1. The molecule has 2 N–H and O–H groups in total. The zero-order valence-electron chi connectivity index (χ0n) is 23.1. The number of unbranched alkanes of at least 4 members (excludes halogenated alkanes) is 3. The standard InChI is InChI=1S/C32H40N2O4/c1-35-29-19-23(25-13-7-9-15-27(25)31(29)37-3)21-33-17-11-5-6-12-18-34-22-24-20-30(36-2)32(38-4)28-16-10-8-14-26(24)28/h7-10,13-16,19-20,33-34H,5-6,11-12,17-18,21-22H2,1-4H3. The Bertz CT molecular complexity index is 1240. The summed E-state index contributed by atoms with van der Waals surface area (Å²) in [6.45, 7) is 3.60. The number of benzene rings is 4. The topological polar surface area (TPSA) is 61.0 Å². The van der Waals surface area contributed by atoms with Gasteiger partial charge in [-0.2, -0.15) is 0 Å². The van der Waals surface area contributed by atoms with Crippen LogP contribution in [0.4, 0.5) is 0 Å². The lowest BCUT2D eigenvalue weighted by Gasteiger charge is -2.15. The van der Waals surface area contributed by atoms with Gasteiger partial charge in [-0.05, 0) is 60.0 Å². The van der Waals surface area contributed by atoms with E-state index in [9.17, 15) is 0 Å². The maximum absolute atomic E-state index is 5.60. The number of fused-ring (bicyclic) bond motifs is 2. The van der Waals surface area contributed by atoms with Crippen molar-refractivity contribution >= 4 is 21.5 Å². The Kier molecular flexibility index (Phi) is 10.1. The van der Waals surface area contributed by atoms with E-state index in [1.807, 2.05) is 12.1 Å². The van der Waals surface area contributed by atoms with Crippen molar-refractivity contribution in [2.24, 2.45) is 0 Å². The predicted molar refractivity (Wildman–Crippen MR) is 156 cm³/mol. The van der Waals surface area contributed by atoms with Crippen molar-refractivity contribution in [3.05, 3.63) is 71.8 Å². The fourth-order valence-electron chi connectivity index (χ4n) is 5.11. The van der Waals surface area contributed by atoms with E-state index in [1.54, 1.807) is 28.4 Å². The van der Waals surface area contributed by atoms with Crippen LogP contribution in [0.1, 0.15) is 36.8 Å². The van der Waals surface area contributed by atoms with Gasteiger partial charge in [-0.25, -0.2) is 0 Å². The lowest BCUT2D eigenvalue weighted by atomic mass is 10.0. The molecule has 0 heterocycles. The van der Waals surface area contributed by atoms with Crippen LogP contribution in [0, 0.1) is 0 Å². The summed E-state index contributed by atoms with van der Waals surface area (Å²) < 4.78 is 22.4. The molecule has 0 amide bonds. The van der Waals surface area contributed by atoms with Gasteiger partial charge in [-0.15, -0.1) is 0 Å². The molecule has 4 aromatic rings. The summed E-state index contributed by atoms with van der Waals surface area (Å²) >= 11 is 0. The van der Waals surface area contributed by atoms with Crippen LogP contribution in [-0.2, 0) is 13.1 Å². The Morgan fingerprint density at radius 2 is 0.895 bits per heavy atom. The van der Waals surface area contributed by atoms with Crippen molar-refractivity contribution in [1.82, 2.24) is 10.6 Å². The second-order valence-corrected chi connectivity index (χ2v) is 9.40.